The van der Waals surface area contributed by atoms with Gasteiger partial charge in [0.05, 0.1) is 15.1 Å². The van der Waals surface area contributed by atoms with Crippen LogP contribution >= 0.6 is 34.8 Å². The van der Waals surface area contributed by atoms with Gasteiger partial charge in [0, 0.05) is 92.3 Å². The van der Waals surface area contributed by atoms with Gasteiger partial charge in [-0.05, 0) is 77.0 Å². The summed E-state index contributed by atoms with van der Waals surface area (Å²) in [6.45, 7) is 6.10. The van der Waals surface area contributed by atoms with E-state index in [0.717, 1.165) is 19.3 Å². The highest BCUT2D eigenvalue weighted by Crippen LogP contribution is 2.35. The molecule has 0 unspecified atom stereocenters. The molecule has 0 aromatic heterocycles. The van der Waals surface area contributed by atoms with Crippen LogP contribution in [-0.4, -0.2) is 53.6 Å². The Bertz CT molecular complexity index is 2000. The van der Waals surface area contributed by atoms with Gasteiger partial charge in [-0.15, -0.1) is 0 Å². The lowest BCUT2D eigenvalue weighted by atomic mass is 9.96. The Balaban J connectivity index is 1.51. The van der Waals surface area contributed by atoms with E-state index >= 15 is 0 Å². The summed E-state index contributed by atoms with van der Waals surface area (Å²) in [5, 5.41) is 0.517. The number of hydrogen-bond acceptors (Lipinski definition) is 9. The monoisotopic (exact) mass is 1040 g/mol. The van der Waals surface area contributed by atoms with Crippen LogP contribution in [0.25, 0.3) is 0 Å². The SMILES string of the molecule is CC/C=C\C[C@H]1CC=C2C(=O)C(Cl)=C[C@@H]2CC=CCCCC(=O)O[C@@H](C/C=C\CC)CC=C2C(=O)C(Cl)=C[C@@H]2CC=CCCCC(=O)O[C@@H](C/C=C\CC)CC=C2C(=O)C(Cl)=C[C@@H]2CC=CCCCC(=O)O1. The first-order valence-corrected chi connectivity index (χ1v) is 27.3. The third-order valence-electron chi connectivity index (χ3n) is 12.7. The highest BCUT2D eigenvalue weighted by atomic mass is 35.5. The molecule has 72 heavy (non-hydrogen) atoms. The molecule has 0 aromatic rings. The molecule has 0 radical (unpaired) electrons. The summed E-state index contributed by atoms with van der Waals surface area (Å²) in [6.07, 6.45) is 44.6. The molecule has 1 aliphatic heterocycles. The average molecular weight is 1050 g/mol. The molecular formula is C60H75Cl3O9. The Morgan fingerprint density at radius 3 is 0.958 bits per heavy atom. The number of carbonyl (C=O) groups excluding carboxylic acids is 6. The first-order valence-electron chi connectivity index (χ1n) is 26.2. The molecule has 1 heterocycles. The van der Waals surface area contributed by atoms with Crippen LogP contribution in [0.5, 0.6) is 0 Å². The molecule has 0 fully saturated rings. The molecule has 12 heteroatoms. The van der Waals surface area contributed by atoms with E-state index in [9.17, 15) is 28.8 Å². The van der Waals surface area contributed by atoms with Gasteiger partial charge >= 0.3 is 17.9 Å². The van der Waals surface area contributed by atoms with Crippen molar-refractivity contribution < 1.29 is 43.0 Å². The topological polar surface area (TPSA) is 130 Å². The maximum atomic E-state index is 13.2. The van der Waals surface area contributed by atoms with Crippen molar-refractivity contribution in [2.24, 2.45) is 17.8 Å². The Morgan fingerprint density at radius 2 is 0.694 bits per heavy atom. The molecule has 0 saturated heterocycles. The van der Waals surface area contributed by atoms with Gasteiger partial charge in [-0.1, -0.05) is 165 Å². The van der Waals surface area contributed by atoms with Gasteiger partial charge in [0.2, 0.25) is 0 Å². The molecule has 4 rings (SSSR count). The summed E-state index contributed by atoms with van der Waals surface area (Å²) in [7, 11) is 0. The zero-order chi connectivity index (χ0) is 52.1. The van der Waals surface area contributed by atoms with Crippen LogP contribution in [0.2, 0.25) is 0 Å². The quantitative estimate of drug-likeness (QED) is 0.126. The third kappa shape index (κ3) is 21.3. The Morgan fingerprint density at radius 1 is 0.417 bits per heavy atom. The summed E-state index contributed by atoms with van der Waals surface area (Å²) >= 11 is 19.1. The molecule has 6 atom stereocenters. The Labute approximate surface area is 443 Å². The minimum atomic E-state index is -0.455. The van der Waals surface area contributed by atoms with Gasteiger partial charge in [-0.3, -0.25) is 28.8 Å². The molecule has 390 valence electrons. The van der Waals surface area contributed by atoms with Gasteiger partial charge in [0.15, 0.2) is 17.3 Å². The van der Waals surface area contributed by atoms with Crippen molar-refractivity contribution in [1.29, 1.82) is 0 Å². The van der Waals surface area contributed by atoms with E-state index in [1.165, 1.54) is 0 Å². The second-order valence-corrected chi connectivity index (χ2v) is 19.7. The number of fused-ring (bicyclic) bond motifs is 3. The number of carbonyl (C=O) groups is 6. The van der Waals surface area contributed by atoms with Crippen LogP contribution in [0, 0.1) is 17.8 Å². The van der Waals surface area contributed by atoms with E-state index in [-0.39, 0.29) is 87.4 Å². The zero-order valence-electron chi connectivity index (χ0n) is 42.5. The second kappa shape index (κ2) is 33.8. The third-order valence-corrected chi connectivity index (χ3v) is 13.6. The molecule has 3 aliphatic carbocycles. The van der Waals surface area contributed by atoms with Gasteiger partial charge in [-0.2, -0.15) is 0 Å². The number of ketones is 3. The van der Waals surface area contributed by atoms with Crippen molar-refractivity contribution in [3.63, 3.8) is 0 Å². The van der Waals surface area contributed by atoms with Crippen LogP contribution in [0.3, 0.4) is 0 Å². The van der Waals surface area contributed by atoms with E-state index in [1.54, 1.807) is 18.2 Å². The molecule has 0 N–H and O–H groups in total. The number of allylic oxidation sites excluding steroid dienone is 18. The van der Waals surface area contributed by atoms with Crippen LogP contribution in [-0.2, 0) is 43.0 Å². The maximum Gasteiger partial charge on any atom is 0.306 e. The van der Waals surface area contributed by atoms with Crippen molar-refractivity contribution in [2.45, 2.75) is 174 Å². The molecule has 0 saturated carbocycles. The minimum Gasteiger partial charge on any atom is -0.462 e. The van der Waals surface area contributed by atoms with Crippen LogP contribution in [0.1, 0.15) is 156 Å². The molecule has 0 aromatic carbocycles. The number of Topliss-reactive ketones (excluding diaryl/α,β-unsaturated/α-hetero) is 3. The summed E-state index contributed by atoms with van der Waals surface area (Å²) in [5.41, 5.74) is 1.73. The number of ether oxygens (including phenoxy) is 3. The number of halogens is 3. The molecule has 4 aliphatic rings. The molecule has 0 amide bonds. The fourth-order valence-corrected chi connectivity index (χ4v) is 9.55. The lowest BCUT2D eigenvalue weighted by Gasteiger charge is -2.16. The zero-order valence-corrected chi connectivity index (χ0v) is 44.8. The van der Waals surface area contributed by atoms with Crippen molar-refractivity contribution in [2.75, 3.05) is 0 Å². The average Bonchev–Trinajstić information content (AvgIpc) is 3.90. The predicted octanol–water partition coefficient (Wildman–Crippen LogP) is 15.1. The fourth-order valence-electron chi connectivity index (χ4n) is 8.77. The van der Waals surface area contributed by atoms with Crippen molar-refractivity contribution in [1.82, 2.24) is 0 Å². The highest BCUT2D eigenvalue weighted by Gasteiger charge is 2.31. The highest BCUT2D eigenvalue weighted by molar-refractivity contribution is 6.47. The Hall–Kier alpha value is -4.83. The van der Waals surface area contributed by atoms with E-state index in [1.807, 2.05) is 112 Å². The summed E-state index contributed by atoms with van der Waals surface area (Å²) < 4.78 is 17.8. The van der Waals surface area contributed by atoms with E-state index in [2.05, 4.69) is 0 Å². The van der Waals surface area contributed by atoms with E-state index in [4.69, 9.17) is 49.0 Å². The molecule has 9 nitrogen and oxygen atoms in total. The number of hydrogen-bond donors (Lipinski definition) is 0. The van der Waals surface area contributed by atoms with Crippen molar-refractivity contribution in [3.05, 3.63) is 141 Å². The van der Waals surface area contributed by atoms with Crippen molar-refractivity contribution >= 4 is 70.1 Å². The number of esters is 3. The lowest BCUT2D eigenvalue weighted by Crippen LogP contribution is -2.18. The number of cyclic esters (lactones) is 3. The van der Waals surface area contributed by atoms with Crippen LogP contribution in [0.15, 0.2) is 141 Å². The summed E-state index contributed by atoms with van der Waals surface area (Å²) in [4.78, 5) is 78.8. The minimum absolute atomic E-state index is 0.172. The molecule has 0 spiro atoms. The first-order chi connectivity index (χ1) is 34.8. The molecule has 0 bridgehead atoms. The van der Waals surface area contributed by atoms with Crippen LogP contribution in [0.4, 0.5) is 0 Å². The normalized spacial score (nSPS) is 26.1. The van der Waals surface area contributed by atoms with Crippen molar-refractivity contribution in [3.8, 4) is 0 Å². The predicted molar refractivity (Wildman–Crippen MR) is 290 cm³/mol. The van der Waals surface area contributed by atoms with Gasteiger partial charge < -0.3 is 14.2 Å². The lowest BCUT2D eigenvalue weighted by molar-refractivity contribution is -0.149. The standard InChI is InChI=1S/C60H75Cl3O9/c1-4-7-16-28-46-34-37-49-43(40-52(61)58(49)67)25-19-11-14-23-32-56(65)71-48(30-18-9-6-3)36-39-51-45(42-54(63)60(51)69)27-21-12-15-24-33-57(66)72-47(29-17-8-5-2)35-38-50-44(41-53(62)59(50)68)26-20-10-13-22-31-55(64)70-46/h7-12,16-21,37-48H,4-6,13-15,22-36H2,1-3H3/b16-7-,17-8-,18-9-,19-11?,20-10?,21-12?,49-37?,50-38?,51-39?/t43-,44-,45-,46-,47-,48-/m0/s1. The smallest absolute Gasteiger partial charge is 0.306 e. The summed E-state index contributed by atoms with van der Waals surface area (Å²) in [6, 6.07) is 0. The van der Waals surface area contributed by atoms with Gasteiger partial charge in [-0.25, -0.2) is 0 Å². The molecular weight excluding hydrogens is 971 g/mol. The summed E-state index contributed by atoms with van der Waals surface area (Å²) in [5.74, 6) is -2.30. The largest absolute Gasteiger partial charge is 0.462 e. The van der Waals surface area contributed by atoms with E-state index in [0.29, 0.717) is 113 Å². The van der Waals surface area contributed by atoms with Crippen LogP contribution < -0.4 is 0 Å². The van der Waals surface area contributed by atoms with Gasteiger partial charge in [0.25, 0.3) is 0 Å². The van der Waals surface area contributed by atoms with Gasteiger partial charge in [0.1, 0.15) is 18.3 Å². The fraction of sp³-hybridized carbons (Fsp3) is 0.500. The van der Waals surface area contributed by atoms with E-state index < -0.39 is 18.3 Å². The number of rotatable bonds is 9. The second-order valence-electron chi connectivity index (χ2n) is 18.5. The Kier molecular flexibility index (Phi) is 28.0. The first kappa shape index (κ1) is 59.7. The maximum absolute atomic E-state index is 13.2.